The van der Waals surface area contributed by atoms with Crippen molar-refractivity contribution in [3.8, 4) is 5.75 Å². The van der Waals surface area contributed by atoms with Gasteiger partial charge in [0.1, 0.15) is 11.8 Å². The summed E-state index contributed by atoms with van der Waals surface area (Å²) in [5, 5.41) is 3.03. The lowest BCUT2D eigenvalue weighted by Crippen LogP contribution is -2.50. The van der Waals surface area contributed by atoms with E-state index in [9.17, 15) is 18.0 Å². The van der Waals surface area contributed by atoms with E-state index in [4.69, 9.17) is 4.74 Å². The minimum atomic E-state index is -3.61. The van der Waals surface area contributed by atoms with Crippen LogP contribution in [0.2, 0.25) is 0 Å². The minimum Gasteiger partial charge on any atom is -0.497 e. The zero-order valence-corrected chi connectivity index (χ0v) is 25.9. The maximum absolute atomic E-state index is 14.0. The van der Waals surface area contributed by atoms with E-state index in [1.54, 1.807) is 29.2 Å². The Morgan fingerprint density at radius 2 is 1.67 bits per heavy atom. The van der Waals surface area contributed by atoms with E-state index >= 15 is 0 Å². The highest BCUT2D eigenvalue weighted by Gasteiger charge is 2.30. The van der Waals surface area contributed by atoms with Gasteiger partial charge in [-0.25, -0.2) is 8.42 Å². The summed E-state index contributed by atoms with van der Waals surface area (Å²) in [5.74, 6) is 0.145. The average molecular weight is 594 g/mol. The third-order valence-corrected chi connectivity index (χ3v) is 8.39. The van der Waals surface area contributed by atoms with Gasteiger partial charge in [-0.2, -0.15) is 0 Å². The molecule has 226 valence electrons. The SMILES string of the molecule is CCCCNC(=O)C(Cc1ccccc1)N(Cc1ccccc1C)C(=O)CCCN(c1cccc(OC)c1)S(C)(=O)=O. The molecule has 0 saturated heterocycles. The second kappa shape index (κ2) is 16.0. The topological polar surface area (TPSA) is 96.0 Å². The Labute approximate surface area is 250 Å². The highest BCUT2D eigenvalue weighted by molar-refractivity contribution is 7.92. The summed E-state index contributed by atoms with van der Waals surface area (Å²) in [6.07, 6.45) is 3.67. The van der Waals surface area contributed by atoms with E-state index in [1.807, 2.05) is 61.5 Å². The van der Waals surface area contributed by atoms with Gasteiger partial charge < -0.3 is 15.0 Å². The fraction of sp³-hybridized carbons (Fsp3) is 0.394. The van der Waals surface area contributed by atoms with Crippen molar-refractivity contribution in [1.29, 1.82) is 0 Å². The molecule has 1 atom stereocenters. The standard InChI is InChI=1S/C33H43N3O5S/c1-5-6-21-34-33(38)31(23-27-15-8-7-9-16-27)35(25-28-17-11-10-14-26(28)2)32(37)20-13-22-36(42(4,39)40)29-18-12-19-30(24-29)41-3/h7-12,14-19,24,31H,5-6,13,20-23,25H2,1-4H3,(H,34,38). The molecule has 0 aromatic heterocycles. The number of nitrogens with one attached hydrogen (secondary N) is 1. The first-order valence-corrected chi connectivity index (χ1v) is 16.3. The Bertz CT molecular complexity index is 1410. The largest absolute Gasteiger partial charge is 0.497 e. The van der Waals surface area contributed by atoms with Gasteiger partial charge in [0.25, 0.3) is 0 Å². The number of carbonyl (C=O) groups excluding carboxylic acids is 2. The Balaban J connectivity index is 1.88. The lowest BCUT2D eigenvalue weighted by Gasteiger charge is -2.32. The van der Waals surface area contributed by atoms with Crippen LogP contribution in [0.25, 0.3) is 0 Å². The van der Waals surface area contributed by atoms with Gasteiger partial charge in [0.15, 0.2) is 0 Å². The number of unbranched alkanes of at least 4 members (excludes halogenated alkanes) is 1. The van der Waals surface area contributed by atoms with E-state index in [-0.39, 0.29) is 37.7 Å². The molecular weight excluding hydrogens is 550 g/mol. The van der Waals surface area contributed by atoms with Gasteiger partial charge in [0, 0.05) is 38.5 Å². The number of methoxy groups -OCH3 is 1. The van der Waals surface area contributed by atoms with Crippen LogP contribution in [0.15, 0.2) is 78.9 Å². The van der Waals surface area contributed by atoms with E-state index in [0.29, 0.717) is 24.4 Å². The molecule has 1 unspecified atom stereocenters. The number of nitrogens with zero attached hydrogens (tertiary/aromatic N) is 2. The van der Waals surface area contributed by atoms with Crippen LogP contribution in [0.1, 0.15) is 49.3 Å². The molecule has 3 rings (SSSR count). The van der Waals surface area contributed by atoms with Crippen molar-refractivity contribution >= 4 is 27.5 Å². The third-order valence-electron chi connectivity index (χ3n) is 7.20. The number of anilines is 1. The number of aryl methyl sites for hydroxylation is 1. The van der Waals surface area contributed by atoms with Crippen molar-refractivity contribution in [3.05, 3.63) is 95.6 Å². The molecule has 2 amide bonds. The smallest absolute Gasteiger partial charge is 0.243 e. The van der Waals surface area contributed by atoms with Crippen LogP contribution in [0, 0.1) is 6.92 Å². The fourth-order valence-corrected chi connectivity index (χ4v) is 5.76. The molecule has 1 N–H and O–H groups in total. The summed E-state index contributed by atoms with van der Waals surface area (Å²) >= 11 is 0. The van der Waals surface area contributed by atoms with Crippen LogP contribution in [-0.2, 0) is 32.6 Å². The van der Waals surface area contributed by atoms with Crippen LogP contribution in [0.3, 0.4) is 0 Å². The van der Waals surface area contributed by atoms with Crippen molar-refractivity contribution in [2.45, 2.75) is 58.5 Å². The van der Waals surface area contributed by atoms with E-state index in [2.05, 4.69) is 12.2 Å². The number of hydrogen-bond acceptors (Lipinski definition) is 5. The molecule has 0 saturated carbocycles. The lowest BCUT2D eigenvalue weighted by atomic mass is 10.0. The number of carbonyl (C=O) groups is 2. The number of rotatable bonds is 16. The quantitative estimate of drug-likeness (QED) is 0.233. The summed E-state index contributed by atoms with van der Waals surface area (Å²) < 4.78 is 31.9. The first kappa shape index (κ1) is 32.7. The molecule has 0 heterocycles. The molecule has 8 nitrogen and oxygen atoms in total. The first-order valence-electron chi connectivity index (χ1n) is 14.4. The van der Waals surface area contributed by atoms with Crippen LogP contribution in [0.4, 0.5) is 5.69 Å². The van der Waals surface area contributed by atoms with Crippen molar-refractivity contribution in [2.24, 2.45) is 0 Å². The van der Waals surface area contributed by atoms with E-state index in [1.165, 1.54) is 11.4 Å². The number of benzene rings is 3. The summed E-state index contributed by atoms with van der Waals surface area (Å²) in [6.45, 7) is 4.98. The van der Waals surface area contributed by atoms with Gasteiger partial charge in [-0.1, -0.05) is 74.0 Å². The Morgan fingerprint density at radius 1 is 0.952 bits per heavy atom. The van der Waals surface area contributed by atoms with E-state index in [0.717, 1.165) is 35.8 Å². The van der Waals surface area contributed by atoms with Gasteiger partial charge in [0.05, 0.1) is 19.1 Å². The molecule has 3 aromatic rings. The van der Waals surface area contributed by atoms with Crippen molar-refractivity contribution in [3.63, 3.8) is 0 Å². The molecular formula is C33H43N3O5S. The highest BCUT2D eigenvalue weighted by Crippen LogP contribution is 2.24. The number of hydrogen-bond donors (Lipinski definition) is 1. The predicted octanol–water partition coefficient (Wildman–Crippen LogP) is 5.11. The molecule has 0 spiro atoms. The summed E-state index contributed by atoms with van der Waals surface area (Å²) in [6, 6.07) is 23.6. The monoisotopic (exact) mass is 593 g/mol. The molecule has 0 aliphatic carbocycles. The van der Waals surface area contributed by atoms with Gasteiger partial charge >= 0.3 is 0 Å². The Morgan fingerprint density at radius 3 is 2.33 bits per heavy atom. The number of amides is 2. The molecule has 0 aliphatic heterocycles. The lowest BCUT2D eigenvalue weighted by molar-refractivity contribution is -0.141. The zero-order valence-electron chi connectivity index (χ0n) is 25.1. The van der Waals surface area contributed by atoms with Crippen LogP contribution >= 0.6 is 0 Å². The second-order valence-electron chi connectivity index (χ2n) is 10.4. The molecule has 9 heteroatoms. The van der Waals surface area contributed by atoms with Crippen LogP contribution in [0.5, 0.6) is 5.75 Å². The fourth-order valence-electron chi connectivity index (χ4n) is 4.80. The van der Waals surface area contributed by atoms with E-state index < -0.39 is 16.1 Å². The van der Waals surface area contributed by atoms with Crippen LogP contribution in [-0.4, -0.2) is 57.6 Å². The van der Waals surface area contributed by atoms with Gasteiger partial charge in [-0.15, -0.1) is 0 Å². The summed E-state index contributed by atoms with van der Waals surface area (Å²) in [7, 11) is -2.09. The third kappa shape index (κ3) is 9.62. The summed E-state index contributed by atoms with van der Waals surface area (Å²) in [5.41, 5.74) is 3.41. The molecule has 42 heavy (non-hydrogen) atoms. The van der Waals surface area contributed by atoms with Gasteiger partial charge in [-0.3, -0.25) is 13.9 Å². The first-order chi connectivity index (χ1) is 20.1. The maximum atomic E-state index is 14.0. The molecule has 0 fully saturated rings. The van der Waals surface area contributed by atoms with Crippen molar-refractivity contribution < 1.29 is 22.7 Å². The van der Waals surface area contributed by atoms with Gasteiger partial charge in [-0.05, 0) is 48.6 Å². The molecule has 0 aliphatic rings. The van der Waals surface area contributed by atoms with Crippen molar-refractivity contribution in [2.75, 3.05) is 30.8 Å². The van der Waals surface area contributed by atoms with Crippen molar-refractivity contribution in [1.82, 2.24) is 10.2 Å². The predicted molar refractivity (Wildman–Crippen MR) is 168 cm³/mol. The zero-order chi connectivity index (χ0) is 30.5. The molecule has 0 radical (unpaired) electrons. The van der Waals surface area contributed by atoms with Gasteiger partial charge in [0.2, 0.25) is 21.8 Å². The maximum Gasteiger partial charge on any atom is 0.243 e. The summed E-state index contributed by atoms with van der Waals surface area (Å²) in [4.78, 5) is 29.2. The second-order valence-corrected chi connectivity index (χ2v) is 12.3. The minimum absolute atomic E-state index is 0.0788. The molecule has 0 bridgehead atoms. The normalized spacial score (nSPS) is 11.9. The van der Waals surface area contributed by atoms with Crippen LogP contribution < -0.4 is 14.4 Å². The molecule has 3 aromatic carbocycles. The Kier molecular flexibility index (Phi) is 12.4. The average Bonchev–Trinajstić information content (AvgIpc) is 2.97. The highest BCUT2D eigenvalue weighted by atomic mass is 32.2. The number of ether oxygens (including phenoxy) is 1. The number of sulfonamides is 1. The Hall–Kier alpha value is -3.85.